The molecule has 1 heterocycles. The van der Waals surface area contributed by atoms with E-state index in [0.717, 1.165) is 16.9 Å². The number of ether oxygens (including phenoxy) is 1. The van der Waals surface area contributed by atoms with E-state index < -0.39 is 0 Å². The number of aryl methyl sites for hydroxylation is 2. The summed E-state index contributed by atoms with van der Waals surface area (Å²) in [5, 5.41) is 6.08. The van der Waals surface area contributed by atoms with Crippen LogP contribution in [0.5, 0.6) is 5.75 Å². The molecule has 1 amide bonds. The normalized spacial score (nSPS) is 13.1. The van der Waals surface area contributed by atoms with Gasteiger partial charge in [0.2, 0.25) is 0 Å². The second-order valence-electron chi connectivity index (χ2n) is 5.22. The van der Waals surface area contributed by atoms with Crippen molar-refractivity contribution >= 4 is 28.7 Å². The van der Waals surface area contributed by atoms with Crippen LogP contribution in [-0.4, -0.2) is 12.5 Å². The van der Waals surface area contributed by atoms with Gasteiger partial charge in [0.15, 0.2) is 6.61 Å². The van der Waals surface area contributed by atoms with Crippen molar-refractivity contribution < 1.29 is 9.53 Å². The molecule has 4 N–H and O–H groups in total. The van der Waals surface area contributed by atoms with Gasteiger partial charge in [-0.25, -0.2) is 0 Å². The van der Waals surface area contributed by atoms with E-state index in [4.69, 9.17) is 10.5 Å². The first kappa shape index (κ1) is 13.3. The van der Waals surface area contributed by atoms with Crippen molar-refractivity contribution in [1.82, 2.24) is 0 Å². The number of hydrogen-bond donors (Lipinski definition) is 3. The van der Waals surface area contributed by atoms with Gasteiger partial charge in [0.1, 0.15) is 5.75 Å². The summed E-state index contributed by atoms with van der Waals surface area (Å²) in [6.45, 7) is 4.11. The molecule has 0 fully saturated rings. The topological polar surface area (TPSA) is 76.4 Å². The van der Waals surface area contributed by atoms with Gasteiger partial charge in [0.05, 0.1) is 17.1 Å². The molecular formula is C16H17N3O2. The minimum atomic E-state index is -0.162. The van der Waals surface area contributed by atoms with Crippen molar-refractivity contribution in [2.75, 3.05) is 23.0 Å². The van der Waals surface area contributed by atoms with Gasteiger partial charge in [-0.3, -0.25) is 4.79 Å². The number of nitrogen functional groups attached to an aromatic ring is 1. The SMILES string of the molecule is Cc1ccc(Nc2cc3c(cc2N)OCC(=O)N3)c(C)c1. The molecule has 2 aromatic rings. The molecule has 5 heteroatoms. The Kier molecular flexibility index (Phi) is 3.17. The number of anilines is 4. The Morgan fingerprint density at radius 2 is 2.00 bits per heavy atom. The Hall–Kier alpha value is -2.69. The van der Waals surface area contributed by atoms with Crippen molar-refractivity contribution in [2.45, 2.75) is 13.8 Å². The molecular weight excluding hydrogens is 266 g/mol. The molecule has 108 valence electrons. The van der Waals surface area contributed by atoms with E-state index in [9.17, 15) is 4.79 Å². The van der Waals surface area contributed by atoms with Crippen LogP contribution in [0, 0.1) is 13.8 Å². The van der Waals surface area contributed by atoms with Crippen LogP contribution in [-0.2, 0) is 4.79 Å². The van der Waals surface area contributed by atoms with E-state index in [1.165, 1.54) is 5.56 Å². The summed E-state index contributed by atoms with van der Waals surface area (Å²) in [5.74, 6) is 0.433. The molecule has 0 unspecified atom stereocenters. The number of nitrogens with one attached hydrogen (secondary N) is 2. The van der Waals surface area contributed by atoms with Crippen LogP contribution in [0.1, 0.15) is 11.1 Å². The van der Waals surface area contributed by atoms with Gasteiger partial charge >= 0.3 is 0 Å². The Bertz CT molecular complexity index is 726. The number of fused-ring (bicyclic) bond motifs is 1. The number of rotatable bonds is 2. The third-order valence-corrected chi connectivity index (χ3v) is 3.44. The van der Waals surface area contributed by atoms with Gasteiger partial charge in [-0.2, -0.15) is 0 Å². The van der Waals surface area contributed by atoms with Crippen LogP contribution in [0.3, 0.4) is 0 Å². The number of hydrogen-bond acceptors (Lipinski definition) is 4. The second kappa shape index (κ2) is 5.01. The van der Waals surface area contributed by atoms with Crippen LogP contribution in [0.15, 0.2) is 30.3 Å². The molecule has 1 aliphatic rings. The van der Waals surface area contributed by atoms with Crippen molar-refractivity contribution in [2.24, 2.45) is 0 Å². The summed E-state index contributed by atoms with van der Waals surface area (Å²) in [7, 11) is 0. The highest BCUT2D eigenvalue weighted by Crippen LogP contribution is 2.36. The maximum atomic E-state index is 11.4. The summed E-state index contributed by atoms with van der Waals surface area (Å²) in [4.78, 5) is 11.4. The number of benzene rings is 2. The predicted molar refractivity (Wildman–Crippen MR) is 84.2 cm³/mol. The van der Waals surface area contributed by atoms with E-state index in [1.54, 1.807) is 12.1 Å². The minimum Gasteiger partial charge on any atom is -0.482 e. The lowest BCUT2D eigenvalue weighted by Crippen LogP contribution is -2.25. The molecule has 0 radical (unpaired) electrons. The average Bonchev–Trinajstić information content (AvgIpc) is 2.43. The first-order chi connectivity index (χ1) is 10.0. The van der Waals surface area contributed by atoms with E-state index in [1.807, 2.05) is 19.1 Å². The lowest BCUT2D eigenvalue weighted by molar-refractivity contribution is -0.118. The van der Waals surface area contributed by atoms with Gasteiger partial charge in [0, 0.05) is 11.8 Å². The second-order valence-corrected chi connectivity index (χ2v) is 5.22. The number of nitrogens with two attached hydrogens (primary N) is 1. The number of carbonyl (C=O) groups excluding carboxylic acids is 1. The Morgan fingerprint density at radius 1 is 1.19 bits per heavy atom. The zero-order valence-electron chi connectivity index (χ0n) is 12.0. The third kappa shape index (κ3) is 2.63. The largest absolute Gasteiger partial charge is 0.482 e. The molecule has 0 atom stereocenters. The molecule has 21 heavy (non-hydrogen) atoms. The fourth-order valence-electron chi connectivity index (χ4n) is 2.35. The molecule has 0 aliphatic carbocycles. The van der Waals surface area contributed by atoms with Crippen molar-refractivity contribution in [3.63, 3.8) is 0 Å². The summed E-state index contributed by atoms with van der Waals surface area (Å²) >= 11 is 0. The lowest BCUT2D eigenvalue weighted by Gasteiger charge is -2.20. The van der Waals surface area contributed by atoms with Crippen molar-refractivity contribution in [3.05, 3.63) is 41.5 Å². The molecule has 2 aromatic carbocycles. The smallest absolute Gasteiger partial charge is 0.262 e. The van der Waals surface area contributed by atoms with Crippen LogP contribution in [0.4, 0.5) is 22.7 Å². The highest BCUT2D eigenvalue weighted by Gasteiger charge is 2.18. The summed E-state index contributed by atoms with van der Waals surface area (Å²) in [6, 6.07) is 9.66. The van der Waals surface area contributed by atoms with Crippen LogP contribution in [0.25, 0.3) is 0 Å². The zero-order valence-corrected chi connectivity index (χ0v) is 12.0. The molecule has 0 saturated heterocycles. The Balaban J connectivity index is 1.95. The highest BCUT2D eigenvalue weighted by atomic mass is 16.5. The molecule has 0 spiro atoms. The first-order valence-corrected chi connectivity index (χ1v) is 6.73. The van der Waals surface area contributed by atoms with Crippen LogP contribution >= 0.6 is 0 Å². The zero-order chi connectivity index (χ0) is 15.0. The maximum Gasteiger partial charge on any atom is 0.262 e. The minimum absolute atomic E-state index is 0.0241. The molecule has 0 saturated carbocycles. The quantitative estimate of drug-likeness (QED) is 0.741. The number of carbonyl (C=O) groups is 1. The monoisotopic (exact) mass is 283 g/mol. The maximum absolute atomic E-state index is 11.4. The van der Waals surface area contributed by atoms with E-state index >= 15 is 0 Å². The van der Waals surface area contributed by atoms with Gasteiger partial charge < -0.3 is 21.1 Å². The van der Waals surface area contributed by atoms with Crippen molar-refractivity contribution in [1.29, 1.82) is 0 Å². The van der Waals surface area contributed by atoms with Gasteiger partial charge in [-0.15, -0.1) is 0 Å². The molecule has 0 bridgehead atoms. The summed E-state index contributed by atoms with van der Waals surface area (Å²) < 4.78 is 5.34. The molecule has 0 aromatic heterocycles. The van der Waals surface area contributed by atoms with E-state index in [-0.39, 0.29) is 12.5 Å². The van der Waals surface area contributed by atoms with Gasteiger partial charge in [-0.1, -0.05) is 17.7 Å². The predicted octanol–water partition coefficient (Wildman–Crippen LogP) is 2.96. The van der Waals surface area contributed by atoms with E-state index in [0.29, 0.717) is 17.1 Å². The fraction of sp³-hybridized carbons (Fsp3) is 0.188. The third-order valence-electron chi connectivity index (χ3n) is 3.44. The fourth-order valence-corrected chi connectivity index (χ4v) is 2.35. The molecule has 3 rings (SSSR count). The average molecular weight is 283 g/mol. The summed E-state index contributed by atoms with van der Waals surface area (Å²) in [6.07, 6.45) is 0. The lowest BCUT2D eigenvalue weighted by atomic mass is 10.1. The Morgan fingerprint density at radius 3 is 2.76 bits per heavy atom. The van der Waals surface area contributed by atoms with Crippen LogP contribution < -0.4 is 21.1 Å². The first-order valence-electron chi connectivity index (χ1n) is 6.73. The molecule has 1 aliphatic heterocycles. The Labute approximate surface area is 123 Å². The van der Waals surface area contributed by atoms with Crippen LogP contribution in [0.2, 0.25) is 0 Å². The van der Waals surface area contributed by atoms with E-state index in [2.05, 4.69) is 23.6 Å². The van der Waals surface area contributed by atoms with Gasteiger partial charge in [0.25, 0.3) is 5.91 Å². The standard InChI is InChI=1S/C16H17N3O2/c1-9-3-4-12(10(2)5-9)18-13-7-14-15(6-11(13)17)21-8-16(20)19-14/h3-7,18H,8,17H2,1-2H3,(H,19,20). The summed E-state index contributed by atoms with van der Waals surface area (Å²) in [5.41, 5.74) is 11.3. The number of amides is 1. The molecule has 5 nitrogen and oxygen atoms in total. The highest BCUT2D eigenvalue weighted by molar-refractivity contribution is 5.97. The van der Waals surface area contributed by atoms with Gasteiger partial charge in [-0.05, 0) is 31.5 Å². The van der Waals surface area contributed by atoms with Crippen molar-refractivity contribution in [3.8, 4) is 5.75 Å².